The van der Waals surface area contributed by atoms with Gasteiger partial charge in [-0.2, -0.15) is 13.2 Å². The van der Waals surface area contributed by atoms with Gasteiger partial charge in [0, 0.05) is 19.1 Å². The van der Waals surface area contributed by atoms with Crippen molar-refractivity contribution in [3.05, 3.63) is 35.4 Å². The Bertz CT molecular complexity index is 519. The lowest BCUT2D eigenvalue weighted by atomic mass is 9.93. The van der Waals surface area contributed by atoms with Crippen LogP contribution in [0, 0.1) is 5.41 Å². The van der Waals surface area contributed by atoms with E-state index in [1.165, 1.54) is 19.2 Å². The van der Waals surface area contributed by atoms with Crippen molar-refractivity contribution < 1.29 is 32.5 Å². The third-order valence-electron chi connectivity index (χ3n) is 3.37. The van der Waals surface area contributed by atoms with E-state index in [9.17, 15) is 23.1 Å². The molecule has 0 bridgehead atoms. The summed E-state index contributed by atoms with van der Waals surface area (Å²) in [6.45, 7) is 1.93. The van der Waals surface area contributed by atoms with Crippen molar-refractivity contribution in [2.45, 2.75) is 19.7 Å². The largest absolute Gasteiger partial charge is 0.416 e. The van der Waals surface area contributed by atoms with Crippen molar-refractivity contribution in [2.75, 3.05) is 33.5 Å². The Hall–Kier alpha value is -1.64. The van der Waals surface area contributed by atoms with Crippen molar-refractivity contribution in [1.82, 2.24) is 5.32 Å². The van der Waals surface area contributed by atoms with E-state index in [0.717, 1.165) is 12.1 Å². The molecule has 1 aromatic carbocycles. The molecule has 1 aromatic rings. The quantitative estimate of drug-likeness (QED) is 0.715. The summed E-state index contributed by atoms with van der Waals surface area (Å²) in [6.07, 6.45) is -4.37. The van der Waals surface area contributed by atoms with Gasteiger partial charge >= 0.3 is 6.18 Å². The summed E-state index contributed by atoms with van der Waals surface area (Å²) in [6, 6.07) is 4.55. The highest BCUT2D eigenvalue weighted by Gasteiger charge is 2.29. The second-order valence-corrected chi connectivity index (χ2v) is 5.87. The summed E-state index contributed by atoms with van der Waals surface area (Å²) in [5, 5.41) is 11.9. The van der Waals surface area contributed by atoms with Gasteiger partial charge in [-0.05, 0) is 17.7 Å². The average Bonchev–Trinajstić information content (AvgIpc) is 2.53. The summed E-state index contributed by atoms with van der Waals surface area (Å²) in [5.74, 6) is -0.377. The van der Waals surface area contributed by atoms with Gasteiger partial charge in [0.15, 0.2) is 0 Å². The first kappa shape index (κ1) is 20.4. The lowest BCUT2D eigenvalue weighted by Crippen LogP contribution is -2.42. The van der Waals surface area contributed by atoms with Crippen LogP contribution in [0.15, 0.2) is 24.3 Å². The number of aliphatic hydroxyl groups excluding tert-OH is 1. The highest BCUT2D eigenvalue weighted by molar-refractivity contribution is 5.77. The zero-order valence-electron chi connectivity index (χ0n) is 13.7. The molecule has 0 saturated heterocycles. The van der Waals surface area contributed by atoms with Crippen molar-refractivity contribution in [2.24, 2.45) is 5.41 Å². The predicted molar refractivity (Wildman–Crippen MR) is 81.2 cm³/mol. The second-order valence-electron chi connectivity index (χ2n) is 5.87. The van der Waals surface area contributed by atoms with E-state index in [0.29, 0.717) is 5.56 Å². The number of hydrogen-bond donors (Lipinski definition) is 2. The molecule has 0 spiro atoms. The lowest BCUT2D eigenvalue weighted by Gasteiger charge is -2.26. The van der Waals surface area contributed by atoms with E-state index in [2.05, 4.69) is 5.32 Å². The van der Waals surface area contributed by atoms with E-state index in [-0.39, 0.29) is 38.9 Å². The smallest absolute Gasteiger partial charge is 0.396 e. The molecule has 24 heavy (non-hydrogen) atoms. The first-order chi connectivity index (χ1) is 11.2. The average molecular weight is 349 g/mol. The van der Waals surface area contributed by atoms with Crippen LogP contribution in [0.1, 0.15) is 18.1 Å². The maximum atomic E-state index is 12.4. The minimum Gasteiger partial charge on any atom is -0.396 e. The number of carbonyl (C=O) groups is 1. The van der Waals surface area contributed by atoms with Gasteiger partial charge in [-0.1, -0.05) is 19.1 Å². The van der Waals surface area contributed by atoms with Crippen molar-refractivity contribution in [1.29, 1.82) is 0 Å². The molecule has 0 aliphatic heterocycles. The Kier molecular flexibility index (Phi) is 7.65. The molecule has 1 unspecified atom stereocenters. The minimum absolute atomic E-state index is 0.0287. The van der Waals surface area contributed by atoms with E-state index in [1.54, 1.807) is 6.92 Å². The Balaban J connectivity index is 2.35. The van der Waals surface area contributed by atoms with Gasteiger partial charge in [0.1, 0.15) is 6.61 Å². The van der Waals surface area contributed by atoms with Crippen LogP contribution in [0.5, 0.6) is 0 Å². The molecular weight excluding hydrogens is 327 g/mol. The number of benzene rings is 1. The number of rotatable bonds is 9. The molecule has 0 aliphatic carbocycles. The highest BCUT2D eigenvalue weighted by atomic mass is 19.4. The number of amides is 1. The van der Waals surface area contributed by atoms with Gasteiger partial charge < -0.3 is 19.9 Å². The van der Waals surface area contributed by atoms with Gasteiger partial charge in [-0.25, -0.2) is 0 Å². The first-order valence-electron chi connectivity index (χ1n) is 7.30. The van der Waals surface area contributed by atoms with Crippen LogP contribution in [-0.2, 0) is 27.1 Å². The maximum Gasteiger partial charge on any atom is 0.416 e. The van der Waals surface area contributed by atoms with Gasteiger partial charge in [-0.3, -0.25) is 4.79 Å². The van der Waals surface area contributed by atoms with Crippen molar-refractivity contribution in [3.8, 4) is 0 Å². The Morgan fingerprint density at radius 1 is 1.25 bits per heavy atom. The Morgan fingerprint density at radius 3 is 2.38 bits per heavy atom. The monoisotopic (exact) mass is 349 g/mol. The van der Waals surface area contributed by atoms with Crippen LogP contribution in [0.3, 0.4) is 0 Å². The molecule has 0 radical (unpaired) electrons. The minimum atomic E-state index is -4.37. The number of methoxy groups -OCH3 is 1. The van der Waals surface area contributed by atoms with E-state index < -0.39 is 17.2 Å². The number of halogens is 3. The summed E-state index contributed by atoms with van der Waals surface area (Å²) in [7, 11) is 1.50. The van der Waals surface area contributed by atoms with E-state index in [4.69, 9.17) is 9.47 Å². The fourth-order valence-corrected chi connectivity index (χ4v) is 1.92. The van der Waals surface area contributed by atoms with Crippen molar-refractivity contribution in [3.63, 3.8) is 0 Å². The van der Waals surface area contributed by atoms with Crippen LogP contribution in [0.25, 0.3) is 0 Å². The van der Waals surface area contributed by atoms with Crippen LogP contribution in [0.2, 0.25) is 0 Å². The fraction of sp³-hybridized carbons (Fsp3) is 0.562. The maximum absolute atomic E-state index is 12.4. The molecular formula is C16H22F3NO4. The lowest BCUT2D eigenvalue weighted by molar-refractivity contribution is -0.137. The summed E-state index contributed by atoms with van der Waals surface area (Å²) in [4.78, 5) is 11.7. The highest BCUT2D eigenvalue weighted by Crippen LogP contribution is 2.29. The van der Waals surface area contributed by atoms with E-state index in [1.807, 2.05) is 0 Å². The molecule has 0 fully saturated rings. The zero-order chi connectivity index (χ0) is 18.2. The second kappa shape index (κ2) is 9.00. The number of alkyl halides is 3. The third kappa shape index (κ3) is 6.86. The topological polar surface area (TPSA) is 67.8 Å². The number of hydrogen-bond acceptors (Lipinski definition) is 4. The summed E-state index contributed by atoms with van der Waals surface area (Å²) in [5.41, 5.74) is -0.779. The van der Waals surface area contributed by atoms with Crippen LogP contribution in [0.4, 0.5) is 13.2 Å². The normalized spacial score (nSPS) is 14.2. The van der Waals surface area contributed by atoms with Gasteiger partial charge in [0.05, 0.1) is 25.4 Å². The van der Waals surface area contributed by atoms with Crippen LogP contribution in [-0.4, -0.2) is 44.5 Å². The fourth-order valence-electron chi connectivity index (χ4n) is 1.92. The Labute approximate surface area is 138 Å². The van der Waals surface area contributed by atoms with Crippen LogP contribution >= 0.6 is 0 Å². The third-order valence-corrected chi connectivity index (χ3v) is 3.37. The van der Waals surface area contributed by atoms with Gasteiger partial charge in [0.2, 0.25) is 5.91 Å². The SMILES string of the molecule is COCC(C)(CO)CNC(=O)COCc1ccc(C(F)(F)F)cc1. The molecule has 8 heteroatoms. The number of nitrogens with one attached hydrogen (secondary N) is 1. The molecule has 0 aliphatic rings. The van der Waals surface area contributed by atoms with Gasteiger partial charge in [0.25, 0.3) is 0 Å². The van der Waals surface area contributed by atoms with Crippen molar-refractivity contribution >= 4 is 5.91 Å². The number of ether oxygens (including phenoxy) is 2. The summed E-state index contributed by atoms with van der Waals surface area (Å²) < 4.78 is 47.5. The van der Waals surface area contributed by atoms with Gasteiger partial charge in [-0.15, -0.1) is 0 Å². The zero-order valence-corrected chi connectivity index (χ0v) is 13.7. The number of carbonyl (C=O) groups excluding carboxylic acids is 1. The molecule has 2 N–H and O–H groups in total. The predicted octanol–water partition coefficient (Wildman–Crippen LogP) is 1.98. The molecule has 0 saturated carbocycles. The molecule has 0 aromatic heterocycles. The molecule has 136 valence electrons. The van der Waals surface area contributed by atoms with E-state index >= 15 is 0 Å². The number of aliphatic hydroxyl groups is 1. The molecule has 1 amide bonds. The first-order valence-corrected chi connectivity index (χ1v) is 7.30. The summed E-state index contributed by atoms with van der Waals surface area (Å²) >= 11 is 0. The molecule has 1 atom stereocenters. The molecule has 1 rings (SSSR count). The van der Waals surface area contributed by atoms with Crippen LogP contribution < -0.4 is 5.32 Å². The molecule has 0 heterocycles. The Morgan fingerprint density at radius 2 is 1.88 bits per heavy atom. The standard InChI is InChI=1S/C16H22F3NO4/c1-15(10-21,11-23-2)9-20-14(22)8-24-7-12-3-5-13(6-4-12)16(17,18)19/h3-6,21H,7-11H2,1-2H3,(H,20,22). The molecule has 5 nitrogen and oxygen atoms in total.